The number of nitrogens with one attached hydrogen (secondary N) is 1. The summed E-state index contributed by atoms with van der Waals surface area (Å²) in [4.78, 5) is 0. The van der Waals surface area contributed by atoms with Crippen molar-refractivity contribution >= 4 is 15.7 Å². The molecule has 0 unspecified atom stereocenters. The van der Waals surface area contributed by atoms with Gasteiger partial charge >= 0.3 is 0 Å². The average molecular weight is 257 g/mol. The highest BCUT2D eigenvalue weighted by atomic mass is 32.2. The maximum absolute atomic E-state index is 11.6. The smallest absolute Gasteiger partial charge is 0.232 e. The van der Waals surface area contributed by atoms with Gasteiger partial charge in [-0.25, -0.2) is 8.42 Å². The molecule has 0 heterocycles. The van der Waals surface area contributed by atoms with Crippen molar-refractivity contribution < 1.29 is 13.5 Å². The maximum Gasteiger partial charge on any atom is 0.232 e. The monoisotopic (exact) mass is 257 g/mol. The summed E-state index contributed by atoms with van der Waals surface area (Å²) in [6, 6.07) is 7.36. The van der Waals surface area contributed by atoms with Crippen LogP contribution in [0, 0.1) is 0 Å². The van der Waals surface area contributed by atoms with Crippen LogP contribution >= 0.6 is 0 Å². The number of hydrogen-bond acceptors (Lipinski definition) is 3. The molecule has 0 saturated heterocycles. The van der Waals surface area contributed by atoms with E-state index in [0.29, 0.717) is 11.6 Å². The Morgan fingerprint density at radius 3 is 2.65 bits per heavy atom. The van der Waals surface area contributed by atoms with Gasteiger partial charge in [-0.2, -0.15) is 0 Å². The quantitative estimate of drug-likeness (QED) is 0.818. The Labute approximate surface area is 103 Å². The SMILES string of the molecule is CC(C)c1cccc(NS(=O)(=O)CCCO)c1. The van der Waals surface area contributed by atoms with Crippen LogP contribution in [0.25, 0.3) is 0 Å². The van der Waals surface area contributed by atoms with Crippen molar-refractivity contribution in [2.75, 3.05) is 17.1 Å². The number of aliphatic hydroxyl groups excluding tert-OH is 1. The van der Waals surface area contributed by atoms with E-state index >= 15 is 0 Å². The minimum absolute atomic E-state index is 0.0601. The molecule has 1 rings (SSSR count). The molecular weight excluding hydrogens is 238 g/mol. The second-order valence-corrected chi connectivity index (χ2v) is 6.12. The maximum atomic E-state index is 11.6. The van der Waals surface area contributed by atoms with E-state index in [9.17, 15) is 8.42 Å². The van der Waals surface area contributed by atoms with Gasteiger partial charge in [-0.3, -0.25) is 4.72 Å². The first-order chi connectivity index (χ1) is 7.94. The molecular formula is C12H19NO3S. The topological polar surface area (TPSA) is 66.4 Å². The first-order valence-electron chi connectivity index (χ1n) is 5.66. The normalized spacial score (nSPS) is 11.8. The summed E-state index contributed by atoms with van der Waals surface area (Å²) in [6.45, 7) is 3.99. The first-order valence-corrected chi connectivity index (χ1v) is 7.31. The molecule has 5 heteroatoms. The molecule has 4 nitrogen and oxygen atoms in total. The zero-order valence-corrected chi connectivity index (χ0v) is 11.0. The van der Waals surface area contributed by atoms with Crippen LogP contribution in [0.2, 0.25) is 0 Å². The number of rotatable bonds is 6. The third-order valence-electron chi connectivity index (χ3n) is 2.40. The summed E-state index contributed by atoms with van der Waals surface area (Å²) in [6.07, 6.45) is 0.249. The first kappa shape index (κ1) is 14.0. The van der Waals surface area contributed by atoms with E-state index in [4.69, 9.17) is 5.11 Å². The fraction of sp³-hybridized carbons (Fsp3) is 0.500. The fourth-order valence-electron chi connectivity index (χ4n) is 1.45. The van der Waals surface area contributed by atoms with Crippen molar-refractivity contribution in [3.8, 4) is 0 Å². The predicted molar refractivity (Wildman–Crippen MR) is 69.6 cm³/mol. The number of hydrogen-bond donors (Lipinski definition) is 2. The highest BCUT2D eigenvalue weighted by Gasteiger charge is 2.10. The Kier molecular flexibility index (Phi) is 4.96. The summed E-state index contributed by atoms with van der Waals surface area (Å²) >= 11 is 0. The molecule has 0 bridgehead atoms. The lowest BCUT2D eigenvalue weighted by molar-refractivity contribution is 0.295. The number of aliphatic hydroxyl groups is 1. The Morgan fingerprint density at radius 1 is 1.35 bits per heavy atom. The fourth-order valence-corrected chi connectivity index (χ4v) is 2.54. The Bertz CT molecular complexity index is 455. The summed E-state index contributed by atoms with van der Waals surface area (Å²) in [5.41, 5.74) is 1.67. The van der Waals surface area contributed by atoms with Gasteiger partial charge in [0.25, 0.3) is 0 Å². The molecule has 0 aliphatic rings. The molecule has 1 aromatic rings. The van der Waals surface area contributed by atoms with Gasteiger partial charge in [0.05, 0.1) is 5.75 Å². The molecule has 0 aromatic heterocycles. The van der Waals surface area contributed by atoms with E-state index in [-0.39, 0.29) is 18.8 Å². The summed E-state index contributed by atoms with van der Waals surface area (Å²) in [7, 11) is -3.35. The molecule has 0 radical (unpaired) electrons. The lowest BCUT2D eigenvalue weighted by atomic mass is 10.0. The van der Waals surface area contributed by atoms with Gasteiger partial charge in [0.2, 0.25) is 10.0 Å². The van der Waals surface area contributed by atoms with Gasteiger partial charge in [0.1, 0.15) is 0 Å². The van der Waals surface area contributed by atoms with Gasteiger partial charge in [-0.1, -0.05) is 26.0 Å². The molecule has 2 N–H and O–H groups in total. The molecule has 0 aliphatic carbocycles. The van der Waals surface area contributed by atoms with E-state index in [1.54, 1.807) is 6.07 Å². The second kappa shape index (κ2) is 6.02. The second-order valence-electron chi connectivity index (χ2n) is 4.28. The Balaban J connectivity index is 2.78. The standard InChI is InChI=1S/C12H19NO3S/c1-10(2)11-5-3-6-12(9-11)13-17(15,16)8-4-7-14/h3,5-6,9-10,13-14H,4,7-8H2,1-2H3. The third-order valence-corrected chi connectivity index (χ3v) is 3.77. The molecule has 96 valence electrons. The number of benzene rings is 1. The molecule has 0 atom stereocenters. The summed E-state index contributed by atoms with van der Waals surface area (Å²) < 4.78 is 25.7. The average Bonchev–Trinajstić information content (AvgIpc) is 2.26. The van der Waals surface area contributed by atoms with Gasteiger partial charge in [-0.05, 0) is 30.0 Å². The highest BCUT2D eigenvalue weighted by Crippen LogP contribution is 2.19. The number of sulfonamides is 1. The van der Waals surface area contributed by atoms with Crippen LogP contribution < -0.4 is 4.72 Å². The Morgan fingerprint density at radius 2 is 2.06 bits per heavy atom. The van der Waals surface area contributed by atoms with Crippen LogP contribution in [0.4, 0.5) is 5.69 Å². The molecule has 0 aliphatic heterocycles. The van der Waals surface area contributed by atoms with Crippen molar-refractivity contribution in [2.24, 2.45) is 0 Å². The van der Waals surface area contributed by atoms with Gasteiger partial charge in [-0.15, -0.1) is 0 Å². The van der Waals surface area contributed by atoms with E-state index in [1.807, 2.05) is 18.2 Å². The van der Waals surface area contributed by atoms with E-state index in [1.165, 1.54) is 0 Å². The van der Waals surface area contributed by atoms with Gasteiger partial charge < -0.3 is 5.11 Å². The Hall–Kier alpha value is -1.07. The lowest BCUT2D eigenvalue weighted by Crippen LogP contribution is -2.17. The molecule has 0 saturated carbocycles. The van der Waals surface area contributed by atoms with E-state index < -0.39 is 10.0 Å². The van der Waals surface area contributed by atoms with Crippen LogP contribution in [-0.2, 0) is 10.0 Å². The summed E-state index contributed by atoms with van der Waals surface area (Å²) in [5, 5.41) is 8.62. The predicted octanol–water partition coefficient (Wildman–Crippen LogP) is 1.93. The van der Waals surface area contributed by atoms with Crippen LogP contribution in [0.3, 0.4) is 0 Å². The van der Waals surface area contributed by atoms with Crippen molar-refractivity contribution in [1.29, 1.82) is 0 Å². The third kappa shape index (κ3) is 4.75. The minimum Gasteiger partial charge on any atom is -0.396 e. The molecule has 0 amide bonds. The van der Waals surface area contributed by atoms with Crippen LogP contribution in [0.5, 0.6) is 0 Å². The zero-order valence-electron chi connectivity index (χ0n) is 10.2. The van der Waals surface area contributed by atoms with E-state index in [2.05, 4.69) is 18.6 Å². The van der Waals surface area contributed by atoms with Crippen LogP contribution in [-0.4, -0.2) is 25.9 Å². The van der Waals surface area contributed by atoms with Crippen molar-refractivity contribution in [3.05, 3.63) is 29.8 Å². The largest absolute Gasteiger partial charge is 0.396 e. The molecule has 0 fully saturated rings. The number of anilines is 1. The molecule has 1 aromatic carbocycles. The van der Waals surface area contributed by atoms with Crippen LogP contribution in [0.15, 0.2) is 24.3 Å². The van der Waals surface area contributed by atoms with Crippen molar-refractivity contribution in [1.82, 2.24) is 0 Å². The molecule has 17 heavy (non-hydrogen) atoms. The molecule has 0 spiro atoms. The van der Waals surface area contributed by atoms with Crippen LogP contribution in [0.1, 0.15) is 31.7 Å². The lowest BCUT2D eigenvalue weighted by Gasteiger charge is -2.10. The zero-order chi connectivity index (χ0) is 12.9. The van der Waals surface area contributed by atoms with E-state index in [0.717, 1.165) is 5.56 Å². The summed E-state index contributed by atoms with van der Waals surface area (Å²) in [5.74, 6) is 0.298. The highest BCUT2D eigenvalue weighted by molar-refractivity contribution is 7.92. The van der Waals surface area contributed by atoms with Gasteiger partial charge in [0, 0.05) is 12.3 Å². The van der Waals surface area contributed by atoms with Gasteiger partial charge in [0.15, 0.2) is 0 Å². The van der Waals surface area contributed by atoms with Crippen molar-refractivity contribution in [3.63, 3.8) is 0 Å². The van der Waals surface area contributed by atoms with Crippen molar-refractivity contribution in [2.45, 2.75) is 26.2 Å². The minimum atomic E-state index is -3.35.